The summed E-state index contributed by atoms with van der Waals surface area (Å²) in [5, 5.41) is 4.57. The summed E-state index contributed by atoms with van der Waals surface area (Å²) in [4.78, 5) is 0. The number of allylic oxidation sites excluding steroid dienone is 2. The molecule has 0 saturated heterocycles. The third-order valence-electron chi connectivity index (χ3n) is 2.06. The largest absolute Gasteiger partial charge is 0.287 e. The Kier molecular flexibility index (Phi) is 3.61. The molecule has 0 aliphatic carbocycles. The predicted octanol–water partition coefficient (Wildman–Crippen LogP) is 2.85. The summed E-state index contributed by atoms with van der Waals surface area (Å²) in [6.45, 7) is 0. The SMILES string of the molecule is O=S1(=O)C=CC=CN1.c1ccc2sccc2c1. The number of thiophene rings is 1. The normalized spacial score (nSPS) is 16.0. The molecule has 0 amide bonds. The van der Waals surface area contributed by atoms with Crippen LogP contribution in [0.15, 0.2) is 59.5 Å². The highest BCUT2D eigenvalue weighted by molar-refractivity contribution is 7.92. The molecular weight excluding hydrogens is 254 g/mol. The van der Waals surface area contributed by atoms with Gasteiger partial charge in [0.25, 0.3) is 10.0 Å². The average Bonchev–Trinajstić information content (AvgIpc) is 2.77. The maximum absolute atomic E-state index is 10.4. The van der Waals surface area contributed by atoms with Crippen molar-refractivity contribution in [2.75, 3.05) is 0 Å². The molecule has 0 fully saturated rings. The Morgan fingerprint density at radius 2 is 1.88 bits per heavy atom. The highest BCUT2D eigenvalue weighted by Crippen LogP contribution is 2.18. The van der Waals surface area contributed by atoms with Gasteiger partial charge >= 0.3 is 0 Å². The quantitative estimate of drug-likeness (QED) is 0.796. The number of hydrogen-bond donors (Lipinski definition) is 1. The summed E-state index contributed by atoms with van der Waals surface area (Å²) < 4.78 is 24.3. The van der Waals surface area contributed by atoms with Crippen LogP contribution in [0.25, 0.3) is 10.1 Å². The van der Waals surface area contributed by atoms with Crippen LogP contribution in [0.3, 0.4) is 0 Å². The van der Waals surface area contributed by atoms with E-state index in [1.54, 1.807) is 17.4 Å². The van der Waals surface area contributed by atoms with Crippen LogP contribution in [0.1, 0.15) is 0 Å². The van der Waals surface area contributed by atoms with Crippen molar-refractivity contribution >= 4 is 31.4 Å². The zero-order valence-corrected chi connectivity index (χ0v) is 10.5. The minimum atomic E-state index is -3.10. The molecule has 88 valence electrons. The van der Waals surface area contributed by atoms with Crippen LogP contribution >= 0.6 is 11.3 Å². The first kappa shape index (κ1) is 11.9. The smallest absolute Gasteiger partial charge is 0.254 e. The molecule has 0 saturated carbocycles. The predicted molar refractivity (Wildman–Crippen MR) is 72.2 cm³/mol. The van der Waals surface area contributed by atoms with Crippen LogP contribution in [0.4, 0.5) is 0 Å². The summed E-state index contributed by atoms with van der Waals surface area (Å²) in [7, 11) is -3.10. The van der Waals surface area contributed by atoms with E-state index in [-0.39, 0.29) is 0 Å². The minimum absolute atomic E-state index is 1.10. The third kappa shape index (κ3) is 3.44. The molecule has 1 aliphatic heterocycles. The molecular formula is C12H11NO2S2. The highest BCUT2D eigenvalue weighted by atomic mass is 32.2. The fourth-order valence-corrected chi connectivity index (χ4v) is 2.72. The van der Waals surface area contributed by atoms with E-state index < -0.39 is 10.0 Å². The van der Waals surface area contributed by atoms with Crippen molar-refractivity contribution in [3.63, 3.8) is 0 Å². The van der Waals surface area contributed by atoms with Gasteiger partial charge in [0.1, 0.15) is 0 Å². The van der Waals surface area contributed by atoms with Crippen molar-refractivity contribution in [2.45, 2.75) is 0 Å². The first-order valence-electron chi connectivity index (χ1n) is 4.95. The lowest BCUT2D eigenvalue weighted by Crippen LogP contribution is -2.15. The Balaban J connectivity index is 0.000000128. The van der Waals surface area contributed by atoms with Gasteiger partial charge in [-0.2, -0.15) is 0 Å². The Labute approximate surface area is 104 Å². The molecule has 1 aliphatic rings. The first-order valence-corrected chi connectivity index (χ1v) is 7.38. The minimum Gasteiger partial charge on any atom is -0.287 e. The van der Waals surface area contributed by atoms with E-state index in [9.17, 15) is 8.42 Å². The Bertz CT molecular complexity index is 624. The second-order valence-electron chi connectivity index (χ2n) is 3.31. The molecule has 0 radical (unpaired) electrons. The van der Waals surface area contributed by atoms with E-state index >= 15 is 0 Å². The van der Waals surface area contributed by atoms with Crippen molar-refractivity contribution in [1.82, 2.24) is 4.72 Å². The van der Waals surface area contributed by atoms with Crippen LogP contribution in [-0.2, 0) is 10.0 Å². The van der Waals surface area contributed by atoms with E-state index in [1.165, 1.54) is 22.4 Å². The maximum Gasteiger partial charge on any atom is 0.254 e. The van der Waals surface area contributed by atoms with Gasteiger partial charge in [-0.05, 0) is 35.1 Å². The van der Waals surface area contributed by atoms with Gasteiger partial charge in [0.2, 0.25) is 0 Å². The first-order chi connectivity index (χ1) is 8.17. The summed E-state index contributed by atoms with van der Waals surface area (Å²) in [6.07, 6.45) is 4.45. The Hall–Kier alpha value is -1.59. The van der Waals surface area contributed by atoms with Gasteiger partial charge in [-0.25, -0.2) is 8.42 Å². The second-order valence-corrected chi connectivity index (χ2v) is 5.85. The summed E-state index contributed by atoms with van der Waals surface area (Å²) >= 11 is 1.79. The molecule has 0 unspecified atom stereocenters. The van der Waals surface area contributed by atoms with Gasteiger partial charge in [0.05, 0.1) is 5.41 Å². The van der Waals surface area contributed by atoms with Crippen LogP contribution < -0.4 is 4.72 Å². The van der Waals surface area contributed by atoms with Gasteiger partial charge in [-0.3, -0.25) is 4.72 Å². The molecule has 17 heavy (non-hydrogen) atoms. The standard InChI is InChI=1S/C8H6S.C4H5NO2S/c1-2-4-8-7(3-1)5-6-9-8;6-8(7)4-2-1-3-5-8/h1-6H;1-5H. The fraction of sp³-hybridized carbons (Fsp3) is 0. The Morgan fingerprint density at radius 1 is 1.06 bits per heavy atom. The number of benzene rings is 1. The molecule has 2 heterocycles. The molecule has 3 rings (SSSR count). The summed E-state index contributed by atoms with van der Waals surface area (Å²) in [5.74, 6) is 0. The van der Waals surface area contributed by atoms with E-state index in [2.05, 4.69) is 40.4 Å². The third-order valence-corrected chi connectivity index (χ3v) is 3.94. The average molecular weight is 265 g/mol. The molecule has 3 nitrogen and oxygen atoms in total. The molecule has 1 aromatic carbocycles. The lowest BCUT2D eigenvalue weighted by Gasteiger charge is -1.98. The van der Waals surface area contributed by atoms with E-state index in [0.29, 0.717) is 0 Å². The zero-order chi connectivity index (χ0) is 12.1. The molecule has 5 heteroatoms. The van der Waals surface area contributed by atoms with Crippen LogP contribution in [0, 0.1) is 0 Å². The number of hydrogen-bond acceptors (Lipinski definition) is 3. The van der Waals surface area contributed by atoms with Gasteiger partial charge < -0.3 is 0 Å². The van der Waals surface area contributed by atoms with E-state index in [0.717, 1.165) is 5.41 Å². The van der Waals surface area contributed by atoms with Gasteiger partial charge in [-0.1, -0.05) is 18.2 Å². The Morgan fingerprint density at radius 3 is 2.47 bits per heavy atom. The molecule has 0 atom stereocenters. The van der Waals surface area contributed by atoms with Gasteiger partial charge in [-0.15, -0.1) is 11.3 Å². The van der Waals surface area contributed by atoms with Gasteiger partial charge in [0.15, 0.2) is 0 Å². The molecule has 1 aromatic heterocycles. The lowest BCUT2D eigenvalue weighted by molar-refractivity contribution is 0.599. The van der Waals surface area contributed by atoms with Gasteiger partial charge in [0, 0.05) is 10.9 Å². The molecule has 1 N–H and O–H groups in total. The molecule has 0 spiro atoms. The maximum atomic E-state index is 10.4. The number of fused-ring (bicyclic) bond motifs is 1. The second kappa shape index (κ2) is 5.16. The van der Waals surface area contributed by atoms with Crippen molar-refractivity contribution in [2.24, 2.45) is 0 Å². The topological polar surface area (TPSA) is 46.2 Å². The van der Waals surface area contributed by atoms with Crippen molar-refractivity contribution in [1.29, 1.82) is 0 Å². The summed E-state index contributed by atoms with van der Waals surface area (Å²) in [6, 6.07) is 10.5. The van der Waals surface area contributed by atoms with Crippen LogP contribution in [0.2, 0.25) is 0 Å². The van der Waals surface area contributed by atoms with Crippen LogP contribution in [-0.4, -0.2) is 8.42 Å². The summed E-state index contributed by atoms with van der Waals surface area (Å²) in [5.41, 5.74) is 0. The van der Waals surface area contributed by atoms with E-state index in [1.807, 2.05) is 0 Å². The number of nitrogens with one attached hydrogen (secondary N) is 1. The molecule has 2 aromatic rings. The zero-order valence-electron chi connectivity index (χ0n) is 8.91. The number of rotatable bonds is 0. The molecule has 0 bridgehead atoms. The van der Waals surface area contributed by atoms with Crippen LogP contribution in [0.5, 0.6) is 0 Å². The monoisotopic (exact) mass is 265 g/mol. The van der Waals surface area contributed by atoms with Crippen molar-refractivity contribution in [3.8, 4) is 0 Å². The van der Waals surface area contributed by atoms with E-state index in [4.69, 9.17) is 0 Å². The van der Waals surface area contributed by atoms with Crippen molar-refractivity contribution in [3.05, 3.63) is 59.5 Å². The lowest BCUT2D eigenvalue weighted by atomic mass is 10.3. The highest BCUT2D eigenvalue weighted by Gasteiger charge is 2.00. The fourth-order valence-electron chi connectivity index (χ4n) is 1.28. The number of sulfonamides is 1. The van der Waals surface area contributed by atoms with Crippen molar-refractivity contribution < 1.29 is 8.42 Å².